The zero-order valence-electron chi connectivity index (χ0n) is 29.0. The second-order valence-corrected chi connectivity index (χ2v) is 15.2. The molecule has 0 saturated carbocycles. The van der Waals surface area contributed by atoms with Gasteiger partial charge < -0.3 is 18.8 Å². The van der Waals surface area contributed by atoms with E-state index >= 15 is 0 Å². The van der Waals surface area contributed by atoms with Crippen molar-refractivity contribution in [2.75, 3.05) is 9.80 Å². The Morgan fingerprint density at radius 3 is 1.74 bits per heavy atom. The second-order valence-electron chi connectivity index (χ2n) is 15.2. The molecular weight excluding hydrogens is 656 g/mol. The molecule has 8 aromatic carbocycles. The van der Waals surface area contributed by atoms with Crippen molar-refractivity contribution in [2.24, 2.45) is 0 Å². The molecule has 0 radical (unpaired) electrons. The van der Waals surface area contributed by atoms with Crippen LogP contribution in [0.4, 0.5) is 34.1 Å². The summed E-state index contributed by atoms with van der Waals surface area (Å²) in [4.78, 5) is 5.12. The third kappa shape index (κ3) is 3.10. The predicted octanol–water partition coefficient (Wildman–Crippen LogP) is 7.91. The Morgan fingerprint density at radius 1 is 0.426 bits per heavy atom. The lowest BCUT2D eigenvalue weighted by atomic mass is 9.29. The van der Waals surface area contributed by atoms with Gasteiger partial charge in [0.1, 0.15) is 11.2 Å². The summed E-state index contributed by atoms with van der Waals surface area (Å²) in [6.07, 6.45) is 0. The first-order chi connectivity index (χ1) is 26.8. The number of hydrogen-bond acceptors (Lipinski definition) is 3. The molecule has 0 bridgehead atoms. The molecule has 4 aliphatic heterocycles. The highest BCUT2D eigenvalue weighted by atomic mass is 16.3. The average Bonchev–Trinajstić information content (AvgIpc) is 3.78. The number of benzene rings is 8. The Bertz CT molecular complexity index is 3320. The summed E-state index contributed by atoms with van der Waals surface area (Å²) in [5.74, 6) is 0. The number of rotatable bonds is 1. The maximum Gasteiger partial charge on any atom is 0.252 e. The maximum atomic E-state index is 6.83. The minimum Gasteiger partial charge on any atom is -0.455 e. The van der Waals surface area contributed by atoms with Crippen LogP contribution in [0.5, 0.6) is 0 Å². The number of para-hydroxylation sites is 6. The molecule has 6 heterocycles. The van der Waals surface area contributed by atoms with Crippen LogP contribution in [0.15, 0.2) is 168 Å². The predicted molar refractivity (Wildman–Crippen MR) is 227 cm³/mol. The van der Waals surface area contributed by atoms with Crippen molar-refractivity contribution in [1.29, 1.82) is 0 Å². The van der Waals surface area contributed by atoms with Crippen LogP contribution in [0.1, 0.15) is 0 Å². The molecule has 0 unspecified atom stereocenters. The summed E-state index contributed by atoms with van der Waals surface area (Å²) in [5, 5.41) is 4.75. The van der Waals surface area contributed by atoms with Crippen LogP contribution in [0.2, 0.25) is 0 Å². The molecule has 246 valence electrons. The molecule has 0 spiro atoms. The molecule has 0 N–H and O–H groups in total. The van der Waals surface area contributed by atoms with Crippen LogP contribution < -0.4 is 42.6 Å². The Hall–Kier alpha value is -6.91. The fourth-order valence-corrected chi connectivity index (χ4v) is 10.8. The van der Waals surface area contributed by atoms with E-state index in [4.69, 9.17) is 4.42 Å². The van der Waals surface area contributed by atoms with E-state index in [0.29, 0.717) is 0 Å². The van der Waals surface area contributed by atoms with Gasteiger partial charge in [0.15, 0.2) is 0 Å². The van der Waals surface area contributed by atoms with Crippen LogP contribution in [0.3, 0.4) is 0 Å². The van der Waals surface area contributed by atoms with Gasteiger partial charge in [0, 0.05) is 56.0 Å². The van der Waals surface area contributed by atoms with Crippen molar-refractivity contribution in [3.8, 4) is 5.69 Å². The van der Waals surface area contributed by atoms with Crippen LogP contribution in [0.25, 0.3) is 49.4 Å². The van der Waals surface area contributed by atoms with Crippen LogP contribution >= 0.6 is 0 Å². The number of furan rings is 1. The van der Waals surface area contributed by atoms with E-state index in [1.165, 1.54) is 94.1 Å². The lowest BCUT2D eigenvalue weighted by Gasteiger charge is -2.49. The van der Waals surface area contributed by atoms with Gasteiger partial charge in [-0.15, -0.1) is 0 Å². The molecule has 54 heavy (non-hydrogen) atoms. The molecule has 14 rings (SSSR count). The molecule has 0 amide bonds. The summed E-state index contributed by atoms with van der Waals surface area (Å²) >= 11 is 0. The minimum absolute atomic E-state index is 0.0263. The molecular formula is C48H27B2N3O. The minimum atomic E-state index is 0.0263. The van der Waals surface area contributed by atoms with Crippen molar-refractivity contribution in [1.82, 2.24) is 4.57 Å². The van der Waals surface area contributed by atoms with Gasteiger partial charge in [0.2, 0.25) is 0 Å². The largest absolute Gasteiger partial charge is 0.455 e. The monoisotopic (exact) mass is 683 g/mol. The van der Waals surface area contributed by atoms with E-state index < -0.39 is 0 Å². The highest BCUT2D eigenvalue weighted by molar-refractivity contribution is 7.04. The number of anilines is 6. The molecule has 4 aliphatic rings. The fraction of sp³-hybridized carbons (Fsp3) is 0. The average molecular weight is 683 g/mol. The van der Waals surface area contributed by atoms with E-state index in [1.807, 2.05) is 0 Å². The molecule has 4 nitrogen and oxygen atoms in total. The van der Waals surface area contributed by atoms with Gasteiger partial charge in [0.05, 0.1) is 16.4 Å². The second kappa shape index (κ2) is 9.54. The maximum absolute atomic E-state index is 6.83. The molecule has 6 heteroatoms. The molecule has 0 atom stereocenters. The van der Waals surface area contributed by atoms with Gasteiger partial charge in [-0.1, -0.05) is 115 Å². The molecule has 10 aromatic rings. The lowest BCUT2D eigenvalue weighted by Crippen LogP contribution is -2.68. The Balaban J connectivity index is 1.24. The van der Waals surface area contributed by atoms with E-state index in [0.717, 1.165) is 22.2 Å². The molecule has 0 saturated heterocycles. The number of aromatic nitrogens is 1. The van der Waals surface area contributed by atoms with Gasteiger partial charge in [-0.25, -0.2) is 0 Å². The van der Waals surface area contributed by atoms with Gasteiger partial charge in [-0.05, 0) is 81.3 Å². The SMILES string of the molecule is c1ccc(N2c3ccccc3B3c4ccccc4N4c5ccccc5B5c6c(cc2c3c64)-n2c3ccccc3c3c4oc6ccccc6c4cc5c32)cc1. The van der Waals surface area contributed by atoms with Gasteiger partial charge in [0.25, 0.3) is 13.4 Å². The third-order valence-electron chi connectivity index (χ3n) is 12.7. The van der Waals surface area contributed by atoms with Crippen molar-refractivity contribution in [2.45, 2.75) is 0 Å². The number of nitrogens with zero attached hydrogens (tertiary/aromatic N) is 3. The summed E-state index contributed by atoms with van der Waals surface area (Å²) in [5.41, 5.74) is 21.1. The van der Waals surface area contributed by atoms with Crippen LogP contribution in [-0.4, -0.2) is 18.0 Å². The first-order valence-corrected chi connectivity index (χ1v) is 18.9. The standard InChI is InChI=1S/C48H27B2N3O/c1-2-14-28(15-3-1)51-37-22-10-6-18-32(37)49-33-19-7-11-23-38(33)53-39-24-12-8-20-34(39)50-35-26-31-29-16-5-13-25-42(29)54-48(31)43-30-17-4-9-21-36(30)52(46(35)43)41-27-40(51)44(49)47(53)45(41)50/h1-27H. The topological polar surface area (TPSA) is 24.6 Å². The smallest absolute Gasteiger partial charge is 0.252 e. The Morgan fingerprint density at radius 2 is 1.00 bits per heavy atom. The molecule has 2 aromatic heterocycles. The third-order valence-corrected chi connectivity index (χ3v) is 12.7. The highest BCUT2D eigenvalue weighted by Crippen LogP contribution is 2.48. The highest BCUT2D eigenvalue weighted by Gasteiger charge is 2.51. The van der Waals surface area contributed by atoms with E-state index in [1.54, 1.807) is 0 Å². The number of fused-ring (bicyclic) bond motifs is 17. The van der Waals surface area contributed by atoms with E-state index in [9.17, 15) is 0 Å². The Kier molecular flexibility index (Phi) is 4.90. The summed E-state index contributed by atoms with van der Waals surface area (Å²) < 4.78 is 9.40. The Labute approximate surface area is 311 Å². The van der Waals surface area contributed by atoms with Crippen LogP contribution in [0, 0.1) is 0 Å². The van der Waals surface area contributed by atoms with Crippen molar-refractivity contribution in [3.05, 3.63) is 164 Å². The summed E-state index contributed by atoms with van der Waals surface area (Å²) in [6.45, 7) is 0.108. The zero-order chi connectivity index (χ0) is 34.8. The molecule has 0 fully saturated rings. The first-order valence-electron chi connectivity index (χ1n) is 18.9. The van der Waals surface area contributed by atoms with Crippen molar-refractivity contribution in [3.63, 3.8) is 0 Å². The van der Waals surface area contributed by atoms with E-state index in [-0.39, 0.29) is 13.4 Å². The first kappa shape index (κ1) is 27.7. The van der Waals surface area contributed by atoms with Crippen LogP contribution in [-0.2, 0) is 0 Å². The van der Waals surface area contributed by atoms with Crippen molar-refractivity contribution < 1.29 is 4.42 Å². The fourth-order valence-electron chi connectivity index (χ4n) is 10.8. The number of hydrogen-bond donors (Lipinski definition) is 0. The normalized spacial score (nSPS) is 14.1. The van der Waals surface area contributed by atoms with Gasteiger partial charge in [-0.2, -0.15) is 0 Å². The molecule has 0 aliphatic carbocycles. The van der Waals surface area contributed by atoms with Crippen molar-refractivity contribution >= 4 is 124 Å². The summed E-state index contributed by atoms with van der Waals surface area (Å²) in [6, 6.07) is 60.7. The zero-order valence-corrected chi connectivity index (χ0v) is 29.0. The van der Waals surface area contributed by atoms with Gasteiger partial charge in [-0.3, -0.25) is 0 Å². The summed E-state index contributed by atoms with van der Waals surface area (Å²) in [7, 11) is 0. The van der Waals surface area contributed by atoms with Gasteiger partial charge >= 0.3 is 0 Å². The quantitative estimate of drug-likeness (QED) is 0.165. The lowest BCUT2D eigenvalue weighted by molar-refractivity contribution is 0.673. The van der Waals surface area contributed by atoms with E-state index in [2.05, 4.69) is 178 Å².